The van der Waals surface area contributed by atoms with Gasteiger partial charge >= 0.3 is 0 Å². The Morgan fingerprint density at radius 1 is 1.24 bits per heavy atom. The number of hydrogen-bond acceptors (Lipinski definition) is 3. The number of hydrogen-bond donors (Lipinski definition) is 2. The summed E-state index contributed by atoms with van der Waals surface area (Å²) in [6, 6.07) is 6.54. The van der Waals surface area contributed by atoms with Crippen molar-refractivity contribution in [1.82, 2.24) is 0 Å². The molecule has 94 valence electrons. The largest absolute Gasteiger partial charge is 0.396 e. The molecule has 1 aliphatic carbocycles. The second-order valence-electron chi connectivity index (χ2n) is 4.77. The molecule has 1 aromatic rings. The van der Waals surface area contributed by atoms with E-state index in [1.807, 2.05) is 7.05 Å². The third-order valence-corrected chi connectivity index (χ3v) is 3.71. The molecule has 0 fully saturated rings. The summed E-state index contributed by atoms with van der Waals surface area (Å²) in [5, 5.41) is 18.3. The Morgan fingerprint density at radius 3 is 2.71 bits per heavy atom. The third-order valence-electron chi connectivity index (χ3n) is 3.71. The Labute approximate surface area is 103 Å². The lowest BCUT2D eigenvalue weighted by Gasteiger charge is -2.28. The van der Waals surface area contributed by atoms with Crippen LogP contribution in [0.25, 0.3) is 0 Å². The zero-order chi connectivity index (χ0) is 12.3. The summed E-state index contributed by atoms with van der Waals surface area (Å²) in [6.45, 7) is 0.189. The van der Waals surface area contributed by atoms with Crippen LogP contribution in [0, 0.1) is 0 Å². The van der Waals surface area contributed by atoms with Crippen molar-refractivity contribution in [3.63, 3.8) is 0 Å². The highest BCUT2D eigenvalue weighted by atomic mass is 16.3. The molecule has 1 unspecified atom stereocenters. The van der Waals surface area contributed by atoms with Crippen molar-refractivity contribution in [1.29, 1.82) is 0 Å². The highest BCUT2D eigenvalue weighted by Crippen LogP contribution is 2.27. The lowest BCUT2D eigenvalue weighted by molar-refractivity contribution is 0.218. The van der Waals surface area contributed by atoms with Gasteiger partial charge in [-0.15, -0.1) is 0 Å². The maximum absolute atomic E-state index is 9.33. The van der Waals surface area contributed by atoms with Gasteiger partial charge in [-0.2, -0.15) is 0 Å². The highest BCUT2D eigenvalue weighted by Gasteiger charge is 2.16. The normalized spacial score (nSPS) is 15.7. The van der Waals surface area contributed by atoms with Crippen LogP contribution in [0.5, 0.6) is 0 Å². The maximum atomic E-state index is 9.33. The van der Waals surface area contributed by atoms with Crippen molar-refractivity contribution in [2.45, 2.75) is 31.7 Å². The zero-order valence-electron chi connectivity index (χ0n) is 10.4. The number of anilines is 1. The molecule has 1 aromatic carbocycles. The summed E-state index contributed by atoms with van der Waals surface area (Å²) in [6.07, 6.45) is 4.22. The molecule has 2 rings (SSSR count). The van der Waals surface area contributed by atoms with Crippen LogP contribution in [-0.2, 0) is 12.8 Å². The molecule has 0 heterocycles. The van der Waals surface area contributed by atoms with E-state index in [2.05, 4.69) is 23.1 Å². The molecular formula is C14H21NO2. The SMILES string of the molecule is CN(c1ccc2c(c1)CCC2)C(CO)CCO. The Kier molecular flexibility index (Phi) is 4.02. The molecule has 0 aliphatic heterocycles. The molecule has 0 bridgehead atoms. The monoisotopic (exact) mass is 235 g/mol. The van der Waals surface area contributed by atoms with Gasteiger partial charge in [0.1, 0.15) is 0 Å². The van der Waals surface area contributed by atoms with Gasteiger partial charge in [-0.3, -0.25) is 0 Å². The van der Waals surface area contributed by atoms with Gasteiger partial charge in [0, 0.05) is 19.3 Å². The molecule has 0 aromatic heterocycles. The summed E-state index contributed by atoms with van der Waals surface area (Å²) in [5.41, 5.74) is 4.04. The van der Waals surface area contributed by atoms with E-state index in [4.69, 9.17) is 5.11 Å². The van der Waals surface area contributed by atoms with E-state index >= 15 is 0 Å². The topological polar surface area (TPSA) is 43.7 Å². The lowest BCUT2D eigenvalue weighted by atomic mass is 10.1. The lowest BCUT2D eigenvalue weighted by Crippen LogP contribution is -2.35. The van der Waals surface area contributed by atoms with Crippen LogP contribution in [-0.4, -0.2) is 36.5 Å². The molecular weight excluding hydrogens is 214 g/mol. The molecule has 3 nitrogen and oxygen atoms in total. The van der Waals surface area contributed by atoms with E-state index < -0.39 is 0 Å². The average Bonchev–Trinajstić information content (AvgIpc) is 2.82. The van der Waals surface area contributed by atoms with Gasteiger partial charge in [0.25, 0.3) is 0 Å². The number of aliphatic hydroxyl groups excluding tert-OH is 2. The molecule has 0 saturated carbocycles. The van der Waals surface area contributed by atoms with Gasteiger partial charge < -0.3 is 15.1 Å². The van der Waals surface area contributed by atoms with Crippen LogP contribution in [0.4, 0.5) is 5.69 Å². The highest BCUT2D eigenvalue weighted by molar-refractivity contribution is 5.52. The molecule has 0 radical (unpaired) electrons. The molecule has 3 heteroatoms. The molecule has 0 spiro atoms. The summed E-state index contributed by atoms with van der Waals surface area (Å²) in [5.74, 6) is 0. The van der Waals surface area contributed by atoms with Crippen molar-refractivity contribution < 1.29 is 10.2 Å². The van der Waals surface area contributed by atoms with Gasteiger partial charge in [-0.25, -0.2) is 0 Å². The minimum absolute atomic E-state index is 0.000506. The quantitative estimate of drug-likeness (QED) is 0.810. The van der Waals surface area contributed by atoms with E-state index in [0.29, 0.717) is 6.42 Å². The van der Waals surface area contributed by atoms with E-state index in [0.717, 1.165) is 5.69 Å². The molecule has 1 aliphatic rings. The van der Waals surface area contributed by atoms with Crippen molar-refractivity contribution in [3.8, 4) is 0 Å². The van der Waals surface area contributed by atoms with Crippen molar-refractivity contribution in [2.24, 2.45) is 0 Å². The van der Waals surface area contributed by atoms with E-state index in [-0.39, 0.29) is 19.3 Å². The first-order valence-electron chi connectivity index (χ1n) is 6.32. The molecule has 1 atom stereocenters. The van der Waals surface area contributed by atoms with Crippen LogP contribution >= 0.6 is 0 Å². The number of aryl methyl sites for hydroxylation is 2. The van der Waals surface area contributed by atoms with Crippen molar-refractivity contribution >= 4 is 5.69 Å². The van der Waals surface area contributed by atoms with Crippen LogP contribution in [0.2, 0.25) is 0 Å². The number of rotatable bonds is 5. The van der Waals surface area contributed by atoms with Gasteiger partial charge in [0.2, 0.25) is 0 Å². The number of fused-ring (bicyclic) bond motifs is 1. The molecule has 2 N–H and O–H groups in total. The first-order valence-corrected chi connectivity index (χ1v) is 6.32. The average molecular weight is 235 g/mol. The first-order chi connectivity index (χ1) is 8.26. The van der Waals surface area contributed by atoms with Gasteiger partial charge in [-0.1, -0.05) is 6.07 Å². The second-order valence-corrected chi connectivity index (χ2v) is 4.77. The molecule has 17 heavy (non-hydrogen) atoms. The summed E-state index contributed by atoms with van der Waals surface area (Å²) < 4.78 is 0. The Bertz CT molecular complexity index is 378. The fourth-order valence-electron chi connectivity index (χ4n) is 2.54. The minimum Gasteiger partial charge on any atom is -0.396 e. The summed E-state index contributed by atoms with van der Waals surface area (Å²) >= 11 is 0. The first kappa shape index (κ1) is 12.4. The smallest absolute Gasteiger partial charge is 0.0635 e. The number of benzene rings is 1. The minimum atomic E-state index is -0.000506. The predicted molar refractivity (Wildman–Crippen MR) is 69.4 cm³/mol. The van der Waals surface area contributed by atoms with Gasteiger partial charge in [0.15, 0.2) is 0 Å². The standard InChI is InChI=1S/C14H21NO2/c1-15(14(10-17)7-8-16)13-6-5-11-3-2-4-12(11)9-13/h5-6,9,14,16-17H,2-4,7-8,10H2,1H3. The second kappa shape index (κ2) is 5.52. The zero-order valence-corrected chi connectivity index (χ0v) is 10.4. The fraction of sp³-hybridized carbons (Fsp3) is 0.571. The van der Waals surface area contributed by atoms with Crippen molar-refractivity contribution in [2.75, 3.05) is 25.2 Å². The molecule has 0 saturated heterocycles. The Morgan fingerprint density at radius 2 is 2.00 bits per heavy atom. The third kappa shape index (κ3) is 2.61. The van der Waals surface area contributed by atoms with Crippen LogP contribution in [0.15, 0.2) is 18.2 Å². The fourth-order valence-corrected chi connectivity index (χ4v) is 2.54. The Hall–Kier alpha value is -1.06. The van der Waals surface area contributed by atoms with Gasteiger partial charge in [0.05, 0.1) is 12.6 Å². The van der Waals surface area contributed by atoms with E-state index in [1.165, 1.54) is 30.4 Å². The summed E-state index contributed by atoms with van der Waals surface area (Å²) in [7, 11) is 1.98. The van der Waals surface area contributed by atoms with Crippen LogP contribution in [0.3, 0.4) is 0 Å². The summed E-state index contributed by atoms with van der Waals surface area (Å²) in [4.78, 5) is 2.06. The molecule has 0 amide bonds. The van der Waals surface area contributed by atoms with Crippen LogP contribution in [0.1, 0.15) is 24.0 Å². The van der Waals surface area contributed by atoms with Crippen molar-refractivity contribution in [3.05, 3.63) is 29.3 Å². The maximum Gasteiger partial charge on any atom is 0.0635 e. The number of nitrogens with zero attached hydrogens (tertiary/aromatic N) is 1. The Balaban J connectivity index is 2.15. The van der Waals surface area contributed by atoms with Gasteiger partial charge in [-0.05, 0) is 48.9 Å². The van der Waals surface area contributed by atoms with E-state index in [9.17, 15) is 5.11 Å². The number of likely N-dealkylation sites (N-methyl/N-ethyl adjacent to an activating group) is 1. The predicted octanol–water partition coefficient (Wildman–Crippen LogP) is 1.35. The van der Waals surface area contributed by atoms with Crippen LogP contribution < -0.4 is 4.90 Å². The number of aliphatic hydroxyl groups is 2. The van der Waals surface area contributed by atoms with E-state index in [1.54, 1.807) is 0 Å².